The molecule has 1 atom stereocenters. The molecule has 0 bridgehead atoms. The first-order valence-corrected chi connectivity index (χ1v) is 14.8. The van der Waals surface area contributed by atoms with Crippen molar-refractivity contribution < 1.29 is 19.4 Å². The van der Waals surface area contributed by atoms with Gasteiger partial charge in [-0.3, -0.25) is 9.59 Å². The van der Waals surface area contributed by atoms with Crippen LogP contribution in [0.4, 0.5) is 5.69 Å². The third kappa shape index (κ3) is 6.53. The lowest BCUT2D eigenvalue weighted by Crippen LogP contribution is -2.27. The van der Waals surface area contributed by atoms with Gasteiger partial charge in [0.15, 0.2) is 0 Å². The van der Waals surface area contributed by atoms with E-state index in [0.29, 0.717) is 56.6 Å². The Kier molecular flexibility index (Phi) is 8.67. The molecule has 3 heterocycles. The summed E-state index contributed by atoms with van der Waals surface area (Å²) in [7, 11) is 1.50. The zero-order chi connectivity index (χ0) is 33.1. The molecule has 3 aromatic heterocycles. The number of imidazole rings is 1. The minimum absolute atomic E-state index is 0.0111. The van der Waals surface area contributed by atoms with Crippen molar-refractivity contribution in [2.75, 3.05) is 19.0 Å². The Labute approximate surface area is 271 Å². The minimum atomic E-state index is -1.14. The van der Waals surface area contributed by atoms with Gasteiger partial charge in [-0.1, -0.05) is 41.9 Å². The van der Waals surface area contributed by atoms with Gasteiger partial charge in [-0.25, -0.2) is 9.78 Å². The van der Waals surface area contributed by atoms with Crippen molar-refractivity contribution in [2.45, 2.75) is 18.9 Å². The number of primary amides is 1. The minimum Gasteiger partial charge on any atom is -0.495 e. The number of nitrogens with two attached hydrogens (primary N) is 1. The number of nitrogens with zero attached hydrogens (tertiary/aromatic N) is 6. The molecule has 0 aliphatic rings. The first-order chi connectivity index (χ1) is 22.7. The molecule has 1 amide bonds. The van der Waals surface area contributed by atoms with Crippen LogP contribution in [0.3, 0.4) is 0 Å². The number of carbonyl (C=O) groups is 2. The van der Waals surface area contributed by atoms with Gasteiger partial charge in [0, 0.05) is 41.6 Å². The summed E-state index contributed by atoms with van der Waals surface area (Å²) in [4.78, 5) is 45.5. The second-order valence-corrected chi connectivity index (χ2v) is 11.0. The molecule has 6 rings (SSSR count). The Hall–Kier alpha value is -6.02. The van der Waals surface area contributed by atoms with Gasteiger partial charge in [-0.05, 0) is 46.3 Å². The molecular formula is C32H28ClN9O5. The molecule has 0 aliphatic heterocycles. The second-order valence-electron chi connectivity index (χ2n) is 10.6. The number of carbonyl (C=O) groups excluding carboxylic acids is 1. The third-order valence-electron chi connectivity index (χ3n) is 7.57. The number of pyridine rings is 1. The number of H-pyrrole nitrogens is 1. The molecule has 238 valence electrons. The molecule has 15 heteroatoms. The zero-order valence-corrected chi connectivity index (χ0v) is 25.7. The van der Waals surface area contributed by atoms with Crippen LogP contribution in [0.15, 0.2) is 84.0 Å². The third-order valence-corrected chi connectivity index (χ3v) is 7.81. The van der Waals surface area contributed by atoms with E-state index in [1.807, 2.05) is 30.3 Å². The predicted molar refractivity (Wildman–Crippen MR) is 174 cm³/mol. The summed E-state index contributed by atoms with van der Waals surface area (Å²) in [6.07, 6.45) is 3.43. The van der Waals surface area contributed by atoms with Gasteiger partial charge in [0.2, 0.25) is 5.91 Å². The van der Waals surface area contributed by atoms with Gasteiger partial charge in [-0.2, -0.15) is 4.68 Å². The number of aromatic nitrogens is 7. The largest absolute Gasteiger partial charge is 0.495 e. The molecule has 0 saturated carbocycles. The van der Waals surface area contributed by atoms with Crippen LogP contribution >= 0.6 is 11.6 Å². The van der Waals surface area contributed by atoms with E-state index >= 15 is 0 Å². The standard InChI is InChI=1S/C32H28ClN9O5/c1-47-27-16-41(29(44)15-22(27)21-14-20(33)7-8-25(21)42-17-36-39-40-42)26(11-18-5-3-2-4-6-18)31-37-24-13-19(32(45)46)12-23(30(24)38-31)35-10-9-28(34)43/h2-8,12-17,26,35H,9-11H2,1H3,(H2,34,43)(H,37,38)(H,45,46). The van der Waals surface area contributed by atoms with Crippen molar-refractivity contribution in [2.24, 2.45) is 5.73 Å². The maximum atomic E-state index is 14.1. The van der Waals surface area contributed by atoms with Crippen molar-refractivity contribution >= 4 is 40.2 Å². The van der Waals surface area contributed by atoms with E-state index in [9.17, 15) is 19.5 Å². The molecule has 0 spiro atoms. The fourth-order valence-electron chi connectivity index (χ4n) is 5.38. The van der Waals surface area contributed by atoms with E-state index < -0.39 is 17.9 Å². The summed E-state index contributed by atoms with van der Waals surface area (Å²) >= 11 is 6.38. The molecule has 3 aromatic carbocycles. The number of tetrazole rings is 1. The summed E-state index contributed by atoms with van der Waals surface area (Å²) in [5.74, 6) is -0.871. The Balaban J connectivity index is 1.51. The van der Waals surface area contributed by atoms with Crippen LogP contribution in [0.5, 0.6) is 5.75 Å². The van der Waals surface area contributed by atoms with E-state index in [2.05, 4.69) is 25.8 Å². The van der Waals surface area contributed by atoms with Crippen LogP contribution in [-0.2, 0) is 11.2 Å². The van der Waals surface area contributed by atoms with E-state index in [0.717, 1.165) is 5.56 Å². The van der Waals surface area contributed by atoms with Crippen LogP contribution < -0.4 is 21.3 Å². The van der Waals surface area contributed by atoms with Gasteiger partial charge >= 0.3 is 5.97 Å². The topological polar surface area (TPSA) is 196 Å². The van der Waals surface area contributed by atoms with Crippen molar-refractivity contribution in [3.63, 3.8) is 0 Å². The molecule has 1 unspecified atom stereocenters. The summed E-state index contributed by atoms with van der Waals surface area (Å²) in [6.45, 7) is 0.178. The first kappa shape index (κ1) is 31.0. The molecule has 0 radical (unpaired) electrons. The molecule has 5 N–H and O–H groups in total. The van der Waals surface area contributed by atoms with Crippen molar-refractivity contribution in [3.8, 4) is 22.6 Å². The van der Waals surface area contributed by atoms with Gasteiger partial charge in [0.25, 0.3) is 5.56 Å². The number of fused-ring (bicyclic) bond motifs is 1. The maximum Gasteiger partial charge on any atom is 0.335 e. The smallest absolute Gasteiger partial charge is 0.335 e. The highest BCUT2D eigenvalue weighted by atomic mass is 35.5. The van der Waals surface area contributed by atoms with Gasteiger partial charge in [-0.15, -0.1) is 5.10 Å². The summed E-state index contributed by atoms with van der Waals surface area (Å²) in [6, 6.07) is 18.4. The van der Waals surface area contributed by atoms with E-state index in [4.69, 9.17) is 27.1 Å². The van der Waals surface area contributed by atoms with Crippen LogP contribution in [0.2, 0.25) is 5.02 Å². The van der Waals surface area contributed by atoms with E-state index in [1.54, 1.807) is 24.4 Å². The summed E-state index contributed by atoms with van der Waals surface area (Å²) in [5.41, 5.74) is 8.77. The SMILES string of the molecule is COc1cn(C(Cc2ccccc2)c2nc3c(NCCC(N)=O)cc(C(=O)O)cc3[nH]2)c(=O)cc1-c1cc(Cl)ccc1-n1cnnn1. The number of anilines is 1. The number of amides is 1. The fourth-order valence-corrected chi connectivity index (χ4v) is 5.55. The summed E-state index contributed by atoms with van der Waals surface area (Å²) < 4.78 is 8.80. The average molecular weight is 654 g/mol. The maximum absolute atomic E-state index is 14.1. The second kappa shape index (κ2) is 13.1. The van der Waals surface area contributed by atoms with Crippen molar-refractivity contribution in [3.05, 3.63) is 112 Å². The van der Waals surface area contributed by atoms with Crippen LogP contribution in [0, 0.1) is 0 Å². The highest BCUT2D eigenvalue weighted by molar-refractivity contribution is 6.31. The average Bonchev–Trinajstić information content (AvgIpc) is 3.75. The van der Waals surface area contributed by atoms with E-state index in [1.165, 1.54) is 40.9 Å². The molecule has 0 aliphatic carbocycles. The molecule has 0 saturated heterocycles. The first-order valence-electron chi connectivity index (χ1n) is 14.4. The molecule has 14 nitrogen and oxygen atoms in total. The highest BCUT2D eigenvalue weighted by Crippen LogP contribution is 2.36. The Morgan fingerprint density at radius 2 is 1.91 bits per heavy atom. The van der Waals surface area contributed by atoms with Crippen LogP contribution in [0.25, 0.3) is 27.8 Å². The molecule has 6 aromatic rings. The van der Waals surface area contributed by atoms with Crippen molar-refractivity contribution in [1.82, 2.24) is 34.7 Å². The number of carboxylic acid groups (broad SMARTS) is 1. The Bertz CT molecular complexity index is 2150. The number of nitrogens with one attached hydrogen (secondary N) is 2. The lowest BCUT2D eigenvalue weighted by Gasteiger charge is -2.21. The van der Waals surface area contributed by atoms with Crippen molar-refractivity contribution in [1.29, 1.82) is 0 Å². The number of hydrogen-bond acceptors (Lipinski definition) is 9. The number of rotatable bonds is 12. The summed E-state index contributed by atoms with van der Waals surface area (Å²) in [5, 5.41) is 24.7. The number of benzene rings is 3. The van der Waals surface area contributed by atoms with Crippen LogP contribution in [-0.4, -0.2) is 65.4 Å². The van der Waals surface area contributed by atoms with Gasteiger partial charge < -0.3 is 30.4 Å². The number of hydrogen-bond donors (Lipinski definition) is 4. The number of aromatic carboxylic acids is 1. The Morgan fingerprint density at radius 1 is 1.11 bits per heavy atom. The van der Waals surface area contributed by atoms with E-state index in [-0.39, 0.29) is 24.1 Å². The number of methoxy groups -OCH3 is 1. The molecule has 47 heavy (non-hydrogen) atoms. The number of ether oxygens (including phenoxy) is 1. The molecule has 0 fully saturated rings. The number of halogens is 1. The fraction of sp³-hybridized carbons (Fsp3) is 0.156. The zero-order valence-electron chi connectivity index (χ0n) is 24.9. The normalized spacial score (nSPS) is 11.8. The lowest BCUT2D eigenvalue weighted by molar-refractivity contribution is -0.117. The quantitative estimate of drug-likeness (QED) is 0.151. The number of aromatic amines is 1. The van der Waals surface area contributed by atoms with Gasteiger partial charge in [0.1, 0.15) is 23.4 Å². The Morgan fingerprint density at radius 3 is 2.62 bits per heavy atom. The number of carboxylic acids is 1. The molecular weight excluding hydrogens is 626 g/mol. The van der Waals surface area contributed by atoms with Gasteiger partial charge in [0.05, 0.1) is 41.8 Å². The lowest BCUT2D eigenvalue weighted by atomic mass is 10.0. The predicted octanol–water partition coefficient (Wildman–Crippen LogP) is 3.85. The highest BCUT2D eigenvalue weighted by Gasteiger charge is 2.25. The van der Waals surface area contributed by atoms with Crippen LogP contribution in [0.1, 0.15) is 34.2 Å². The monoisotopic (exact) mass is 653 g/mol.